The zero-order valence-corrected chi connectivity index (χ0v) is 21.0. The molecule has 3 heterocycles. The predicted octanol–water partition coefficient (Wildman–Crippen LogP) is 2.54. The van der Waals surface area contributed by atoms with E-state index >= 15 is 0 Å². The maximum absolute atomic E-state index is 13.8. The van der Waals surface area contributed by atoms with Crippen molar-refractivity contribution in [1.82, 2.24) is 4.57 Å². The molecule has 0 radical (unpaired) electrons. The van der Waals surface area contributed by atoms with Gasteiger partial charge in [0.05, 0.1) is 42.7 Å². The summed E-state index contributed by atoms with van der Waals surface area (Å²) in [5.74, 6) is 1.70. The number of rotatable bonds is 6. The lowest BCUT2D eigenvalue weighted by Gasteiger charge is -2.24. The van der Waals surface area contributed by atoms with Crippen LogP contribution in [-0.2, 0) is 9.53 Å². The molecule has 0 amide bonds. The first-order chi connectivity index (χ1) is 17.5. The average Bonchev–Trinajstić information content (AvgIpc) is 3.46. The normalized spacial score (nSPS) is 16.4. The van der Waals surface area contributed by atoms with Gasteiger partial charge in [0.25, 0.3) is 5.56 Å². The SMILES string of the molecule is CCOC(=O)C1=C(C)N=c2s/c(=C/c3cccc(OC)c3OC)c(=O)n2[C@@H]1c1ccc2c(c1)OCO2. The van der Waals surface area contributed by atoms with Gasteiger partial charge in [-0.25, -0.2) is 9.79 Å². The number of allylic oxidation sites excluding steroid dienone is 1. The van der Waals surface area contributed by atoms with Crippen molar-refractivity contribution in [2.75, 3.05) is 27.6 Å². The molecule has 10 heteroatoms. The van der Waals surface area contributed by atoms with Crippen molar-refractivity contribution in [3.8, 4) is 23.0 Å². The lowest BCUT2D eigenvalue weighted by molar-refractivity contribution is -0.139. The average molecular weight is 509 g/mol. The highest BCUT2D eigenvalue weighted by atomic mass is 32.1. The van der Waals surface area contributed by atoms with E-state index in [0.717, 1.165) is 0 Å². The molecule has 9 nitrogen and oxygen atoms in total. The highest BCUT2D eigenvalue weighted by Crippen LogP contribution is 2.38. The molecule has 0 saturated carbocycles. The van der Waals surface area contributed by atoms with Crippen molar-refractivity contribution in [3.05, 3.63) is 78.5 Å². The largest absolute Gasteiger partial charge is 0.493 e. The Kier molecular flexibility index (Phi) is 6.27. The Bertz CT molecular complexity index is 1570. The summed E-state index contributed by atoms with van der Waals surface area (Å²) < 4.78 is 29.2. The summed E-state index contributed by atoms with van der Waals surface area (Å²) in [6.45, 7) is 3.79. The Morgan fingerprint density at radius 2 is 2.00 bits per heavy atom. The minimum Gasteiger partial charge on any atom is -0.493 e. The maximum Gasteiger partial charge on any atom is 0.338 e. The second-order valence-electron chi connectivity index (χ2n) is 8.00. The van der Waals surface area contributed by atoms with Crippen molar-refractivity contribution >= 4 is 23.4 Å². The van der Waals surface area contributed by atoms with Crippen molar-refractivity contribution in [2.24, 2.45) is 4.99 Å². The molecule has 36 heavy (non-hydrogen) atoms. The molecule has 2 aromatic carbocycles. The van der Waals surface area contributed by atoms with E-state index in [1.165, 1.54) is 15.9 Å². The van der Waals surface area contributed by atoms with Crippen LogP contribution in [0.1, 0.15) is 31.0 Å². The Morgan fingerprint density at radius 3 is 2.75 bits per heavy atom. The molecule has 3 aromatic rings. The van der Waals surface area contributed by atoms with E-state index in [2.05, 4.69) is 4.99 Å². The van der Waals surface area contributed by atoms with Gasteiger partial charge in [-0.3, -0.25) is 9.36 Å². The van der Waals surface area contributed by atoms with Crippen LogP contribution in [0.5, 0.6) is 23.0 Å². The molecule has 0 fully saturated rings. The zero-order chi connectivity index (χ0) is 25.4. The molecule has 5 rings (SSSR count). The number of nitrogens with zero attached hydrogens (tertiary/aromatic N) is 2. The molecule has 0 bridgehead atoms. The summed E-state index contributed by atoms with van der Waals surface area (Å²) in [5, 5.41) is 0. The second-order valence-corrected chi connectivity index (χ2v) is 9.01. The predicted molar refractivity (Wildman–Crippen MR) is 133 cm³/mol. The summed E-state index contributed by atoms with van der Waals surface area (Å²) in [5.41, 5.74) is 1.86. The van der Waals surface area contributed by atoms with E-state index in [0.29, 0.717) is 54.7 Å². The van der Waals surface area contributed by atoms with Gasteiger partial charge in [-0.2, -0.15) is 0 Å². The molecule has 186 valence electrons. The molecular weight excluding hydrogens is 484 g/mol. The summed E-state index contributed by atoms with van der Waals surface area (Å²) in [6, 6.07) is 10.1. The number of carbonyl (C=O) groups is 1. The Morgan fingerprint density at radius 1 is 1.19 bits per heavy atom. The number of carbonyl (C=O) groups excluding carboxylic acids is 1. The molecule has 0 spiro atoms. The number of ether oxygens (including phenoxy) is 5. The minimum atomic E-state index is -0.746. The van der Waals surface area contributed by atoms with Crippen molar-refractivity contribution in [3.63, 3.8) is 0 Å². The lowest BCUT2D eigenvalue weighted by Crippen LogP contribution is -2.39. The zero-order valence-electron chi connectivity index (χ0n) is 20.2. The Labute approximate surface area is 210 Å². The molecule has 1 atom stereocenters. The van der Waals surface area contributed by atoms with Crippen LogP contribution in [-0.4, -0.2) is 38.2 Å². The first kappa shape index (κ1) is 23.7. The summed E-state index contributed by atoms with van der Waals surface area (Å²) in [7, 11) is 3.10. The van der Waals surface area contributed by atoms with Crippen LogP contribution in [0, 0.1) is 0 Å². The van der Waals surface area contributed by atoms with Crippen LogP contribution < -0.4 is 33.8 Å². The number of methoxy groups -OCH3 is 2. The quantitative estimate of drug-likeness (QED) is 0.472. The first-order valence-electron chi connectivity index (χ1n) is 11.3. The van der Waals surface area contributed by atoms with E-state index < -0.39 is 12.0 Å². The highest BCUT2D eigenvalue weighted by Gasteiger charge is 2.34. The van der Waals surface area contributed by atoms with E-state index in [-0.39, 0.29) is 19.0 Å². The van der Waals surface area contributed by atoms with Gasteiger partial charge in [-0.15, -0.1) is 0 Å². The van der Waals surface area contributed by atoms with Crippen LogP contribution in [0.4, 0.5) is 0 Å². The Hall–Kier alpha value is -4.05. The fourth-order valence-corrected chi connectivity index (χ4v) is 5.39. The molecule has 1 aromatic heterocycles. The molecule has 0 unspecified atom stereocenters. The van der Waals surface area contributed by atoms with Gasteiger partial charge in [0.2, 0.25) is 6.79 Å². The molecule has 0 aliphatic carbocycles. The van der Waals surface area contributed by atoms with Gasteiger partial charge < -0.3 is 23.7 Å². The number of esters is 1. The summed E-state index contributed by atoms with van der Waals surface area (Å²) in [6.07, 6.45) is 1.74. The second kappa shape index (κ2) is 9.54. The number of para-hydroxylation sites is 1. The van der Waals surface area contributed by atoms with E-state index in [4.69, 9.17) is 23.7 Å². The number of hydrogen-bond donors (Lipinski definition) is 0. The number of benzene rings is 2. The Balaban J connectivity index is 1.73. The van der Waals surface area contributed by atoms with Gasteiger partial charge in [0.1, 0.15) is 0 Å². The van der Waals surface area contributed by atoms with Crippen LogP contribution in [0.2, 0.25) is 0 Å². The monoisotopic (exact) mass is 508 g/mol. The topological polar surface area (TPSA) is 97.6 Å². The third-order valence-corrected chi connectivity index (χ3v) is 6.93. The van der Waals surface area contributed by atoms with Gasteiger partial charge in [-0.05, 0) is 43.7 Å². The summed E-state index contributed by atoms with van der Waals surface area (Å²) in [4.78, 5) is 31.9. The minimum absolute atomic E-state index is 0.115. The van der Waals surface area contributed by atoms with E-state index in [1.54, 1.807) is 52.3 Å². The van der Waals surface area contributed by atoms with Crippen LogP contribution in [0.3, 0.4) is 0 Å². The molecule has 0 saturated heterocycles. The van der Waals surface area contributed by atoms with Crippen LogP contribution in [0.25, 0.3) is 6.08 Å². The number of fused-ring (bicyclic) bond motifs is 2. The summed E-state index contributed by atoms with van der Waals surface area (Å²) >= 11 is 1.23. The number of aromatic nitrogens is 1. The van der Waals surface area contributed by atoms with Gasteiger partial charge in [-0.1, -0.05) is 29.5 Å². The number of thiazole rings is 1. The van der Waals surface area contributed by atoms with Crippen molar-refractivity contribution < 1.29 is 28.5 Å². The standard InChI is InChI=1S/C26H24N2O7S/c1-5-33-25(30)21-14(2)27-26-28(22(21)15-9-10-17-19(11-15)35-13-34-17)24(29)20(36-26)12-16-7-6-8-18(31-3)23(16)32-4/h6-12,22H,5,13H2,1-4H3/b20-12+/t22-/m1/s1. The molecule has 2 aliphatic heterocycles. The molecule has 0 N–H and O–H groups in total. The molecule has 2 aliphatic rings. The van der Waals surface area contributed by atoms with Crippen LogP contribution in [0.15, 0.2) is 57.5 Å². The third kappa shape index (κ3) is 3.93. The fourth-order valence-electron chi connectivity index (χ4n) is 4.36. The van der Waals surface area contributed by atoms with Gasteiger partial charge in [0, 0.05) is 5.56 Å². The maximum atomic E-state index is 13.8. The van der Waals surface area contributed by atoms with E-state index in [1.807, 2.05) is 18.2 Å². The van der Waals surface area contributed by atoms with Gasteiger partial charge >= 0.3 is 5.97 Å². The van der Waals surface area contributed by atoms with Gasteiger partial charge in [0.15, 0.2) is 27.8 Å². The lowest BCUT2D eigenvalue weighted by atomic mass is 9.95. The highest BCUT2D eigenvalue weighted by molar-refractivity contribution is 7.07. The smallest absolute Gasteiger partial charge is 0.338 e. The van der Waals surface area contributed by atoms with E-state index in [9.17, 15) is 9.59 Å². The van der Waals surface area contributed by atoms with Crippen molar-refractivity contribution in [2.45, 2.75) is 19.9 Å². The fraction of sp³-hybridized carbons (Fsp3) is 0.269. The first-order valence-corrected chi connectivity index (χ1v) is 12.1. The van der Waals surface area contributed by atoms with Crippen molar-refractivity contribution in [1.29, 1.82) is 0 Å². The number of hydrogen-bond acceptors (Lipinski definition) is 9. The molecular formula is C26H24N2O7S. The third-order valence-electron chi connectivity index (χ3n) is 5.95. The van der Waals surface area contributed by atoms with Crippen LogP contribution >= 0.6 is 11.3 Å².